The molecule has 0 amide bonds. The molecular formula is C33H69NO2. The molecule has 0 aromatic heterocycles. The molecule has 0 aliphatic rings. The van der Waals surface area contributed by atoms with Crippen molar-refractivity contribution < 1.29 is 14.4 Å². The van der Waals surface area contributed by atoms with E-state index in [1.165, 1.54) is 154 Å². The first-order valence-electron chi connectivity index (χ1n) is 16.3. The quantitative estimate of drug-likeness (QED) is 0.0813. The lowest BCUT2D eigenvalue weighted by atomic mass is 10.0. The zero-order valence-corrected chi connectivity index (χ0v) is 25.9. The van der Waals surface area contributed by atoms with Crippen LogP contribution >= 0.6 is 0 Å². The number of carboxylic acid groups (broad SMARTS) is 1. The van der Waals surface area contributed by atoms with Gasteiger partial charge in [0.1, 0.15) is 0 Å². The minimum atomic E-state index is -0.907. The standard InChI is InChI=1S/C19H42N.C14H28O2/c1-5-6-7-8-9-10-11-12-13-14-15-16-17-18-19-20(2,3)4;1-2-3-4-5-6-7-8-9-10-11-12-13-14(15)16/h5-19H2,1-4H3;2-13H2,1H3,(H,15,16)/q+1;/p-1. The Hall–Kier alpha value is -0.570. The van der Waals surface area contributed by atoms with Crippen molar-refractivity contribution in [2.45, 2.75) is 181 Å². The molecule has 218 valence electrons. The molecule has 36 heavy (non-hydrogen) atoms. The first kappa shape index (κ1) is 37.6. The van der Waals surface area contributed by atoms with Crippen LogP contribution in [-0.4, -0.2) is 38.1 Å². The zero-order valence-electron chi connectivity index (χ0n) is 25.9. The smallest absolute Gasteiger partial charge is 0.0780 e. The van der Waals surface area contributed by atoms with E-state index in [2.05, 4.69) is 35.0 Å². The summed E-state index contributed by atoms with van der Waals surface area (Å²) in [4.78, 5) is 10.1. The molecule has 3 heteroatoms. The number of carboxylic acids is 1. The Morgan fingerprint density at radius 3 is 0.944 bits per heavy atom. The van der Waals surface area contributed by atoms with Crippen molar-refractivity contribution in [2.24, 2.45) is 0 Å². The van der Waals surface area contributed by atoms with E-state index >= 15 is 0 Å². The van der Waals surface area contributed by atoms with E-state index in [0.29, 0.717) is 0 Å². The van der Waals surface area contributed by atoms with E-state index in [-0.39, 0.29) is 6.42 Å². The average Bonchev–Trinajstić information content (AvgIpc) is 2.82. The molecule has 0 fully saturated rings. The van der Waals surface area contributed by atoms with Gasteiger partial charge in [-0.3, -0.25) is 0 Å². The summed E-state index contributed by atoms with van der Waals surface area (Å²) in [6.07, 6.45) is 34.4. The SMILES string of the molecule is CCCCCCCCCCCCCC(=O)[O-].CCCCCCCCCCCCCCCC[N+](C)(C)C. The van der Waals surface area contributed by atoms with Gasteiger partial charge in [0, 0.05) is 5.97 Å². The molecule has 0 rings (SSSR count). The van der Waals surface area contributed by atoms with E-state index < -0.39 is 5.97 Å². The number of carbonyl (C=O) groups excluding carboxylic acids is 1. The maximum Gasteiger partial charge on any atom is 0.0780 e. The summed E-state index contributed by atoms with van der Waals surface area (Å²) in [5.74, 6) is -0.907. The van der Waals surface area contributed by atoms with Gasteiger partial charge in [0.2, 0.25) is 0 Å². The van der Waals surface area contributed by atoms with Crippen LogP contribution in [0, 0.1) is 0 Å². The molecule has 0 heterocycles. The van der Waals surface area contributed by atoms with Crippen LogP contribution in [0.2, 0.25) is 0 Å². The third-order valence-corrected chi connectivity index (χ3v) is 7.17. The fourth-order valence-corrected chi connectivity index (χ4v) is 4.71. The van der Waals surface area contributed by atoms with E-state index in [9.17, 15) is 9.90 Å². The number of quaternary nitrogens is 1. The highest BCUT2D eigenvalue weighted by molar-refractivity contribution is 5.64. The molecule has 0 spiro atoms. The highest BCUT2D eigenvalue weighted by Gasteiger charge is 2.05. The highest BCUT2D eigenvalue weighted by Crippen LogP contribution is 2.14. The largest absolute Gasteiger partial charge is 0.550 e. The zero-order chi connectivity index (χ0) is 27.2. The molecule has 3 nitrogen and oxygen atoms in total. The number of hydrogen-bond donors (Lipinski definition) is 0. The summed E-state index contributed by atoms with van der Waals surface area (Å²) in [6, 6.07) is 0. The van der Waals surface area contributed by atoms with Crippen LogP contribution in [0.1, 0.15) is 181 Å². The maximum atomic E-state index is 10.1. The number of carbonyl (C=O) groups is 1. The molecule has 0 radical (unpaired) electrons. The van der Waals surface area contributed by atoms with Crippen molar-refractivity contribution in [1.29, 1.82) is 0 Å². The van der Waals surface area contributed by atoms with E-state index in [4.69, 9.17) is 0 Å². The summed E-state index contributed by atoms with van der Waals surface area (Å²) in [5.41, 5.74) is 0. The van der Waals surface area contributed by atoms with Crippen molar-refractivity contribution in [3.63, 3.8) is 0 Å². The summed E-state index contributed by atoms with van der Waals surface area (Å²) in [5, 5.41) is 10.1. The van der Waals surface area contributed by atoms with Crippen LogP contribution in [0.25, 0.3) is 0 Å². The Morgan fingerprint density at radius 2 is 0.694 bits per heavy atom. The monoisotopic (exact) mass is 512 g/mol. The fourth-order valence-electron chi connectivity index (χ4n) is 4.71. The third-order valence-electron chi connectivity index (χ3n) is 7.17. The molecular weight excluding hydrogens is 442 g/mol. The molecule has 0 aromatic rings. The maximum absolute atomic E-state index is 10.1. The lowest BCUT2D eigenvalue weighted by Crippen LogP contribution is -2.35. The van der Waals surface area contributed by atoms with Crippen molar-refractivity contribution >= 4 is 5.97 Å². The van der Waals surface area contributed by atoms with Crippen molar-refractivity contribution in [1.82, 2.24) is 0 Å². The Balaban J connectivity index is 0. The first-order chi connectivity index (χ1) is 17.3. The summed E-state index contributed by atoms with van der Waals surface area (Å²) < 4.78 is 1.12. The van der Waals surface area contributed by atoms with Crippen LogP contribution in [0.5, 0.6) is 0 Å². The van der Waals surface area contributed by atoms with Crippen LogP contribution in [0.15, 0.2) is 0 Å². The van der Waals surface area contributed by atoms with E-state index in [1.54, 1.807) is 0 Å². The summed E-state index contributed by atoms with van der Waals surface area (Å²) >= 11 is 0. The first-order valence-corrected chi connectivity index (χ1v) is 16.3. The molecule has 0 aromatic carbocycles. The van der Waals surface area contributed by atoms with E-state index in [1.807, 2.05) is 0 Å². The molecule has 0 saturated heterocycles. The summed E-state index contributed by atoms with van der Waals surface area (Å²) in [7, 11) is 6.88. The van der Waals surface area contributed by atoms with Gasteiger partial charge in [-0.25, -0.2) is 0 Å². The average molecular weight is 512 g/mol. The predicted molar refractivity (Wildman–Crippen MR) is 159 cm³/mol. The van der Waals surface area contributed by atoms with E-state index in [0.717, 1.165) is 17.3 Å². The van der Waals surface area contributed by atoms with Crippen LogP contribution < -0.4 is 5.11 Å². The second kappa shape index (κ2) is 30.7. The van der Waals surface area contributed by atoms with Gasteiger partial charge >= 0.3 is 0 Å². The Labute approximate surface area is 228 Å². The number of unbranched alkanes of at least 4 members (excludes halogenated alkanes) is 23. The minimum absolute atomic E-state index is 0.233. The van der Waals surface area contributed by atoms with Gasteiger partial charge in [-0.15, -0.1) is 0 Å². The fraction of sp³-hybridized carbons (Fsp3) is 0.970. The molecule has 0 saturated carbocycles. The highest BCUT2D eigenvalue weighted by atomic mass is 16.4. The summed E-state index contributed by atoms with van der Waals surface area (Å²) in [6.45, 7) is 5.87. The molecule has 0 bridgehead atoms. The normalized spacial score (nSPS) is 11.4. The topological polar surface area (TPSA) is 40.1 Å². The van der Waals surface area contributed by atoms with Crippen LogP contribution in [0.3, 0.4) is 0 Å². The van der Waals surface area contributed by atoms with Gasteiger partial charge in [0.25, 0.3) is 0 Å². The van der Waals surface area contributed by atoms with Gasteiger partial charge in [0.05, 0.1) is 27.7 Å². The van der Waals surface area contributed by atoms with Crippen molar-refractivity contribution in [3.05, 3.63) is 0 Å². The Morgan fingerprint density at radius 1 is 0.444 bits per heavy atom. The van der Waals surface area contributed by atoms with Gasteiger partial charge in [-0.05, 0) is 25.7 Å². The van der Waals surface area contributed by atoms with Gasteiger partial charge in [0.15, 0.2) is 0 Å². The predicted octanol–water partition coefficient (Wildman–Crippen LogP) is 9.61. The second-order valence-electron chi connectivity index (χ2n) is 12.3. The van der Waals surface area contributed by atoms with Crippen LogP contribution in [-0.2, 0) is 4.79 Å². The molecule has 0 unspecified atom stereocenters. The van der Waals surface area contributed by atoms with Gasteiger partial charge < -0.3 is 14.4 Å². The third kappa shape index (κ3) is 40.6. The number of rotatable bonds is 27. The van der Waals surface area contributed by atoms with Crippen molar-refractivity contribution in [3.8, 4) is 0 Å². The molecule has 0 aliphatic carbocycles. The van der Waals surface area contributed by atoms with Crippen LogP contribution in [0.4, 0.5) is 0 Å². The number of aliphatic carboxylic acids is 1. The number of nitrogens with zero attached hydrogens (tertiary/aromatic N) is 1. The molecule has 0 N–H and O–H groups in total. The Bertz CT molecular complexity index is 416. The second-order valence-corrected chi connectivity index (χ2v) is 12.3. The Kier molecular flexibility index (Phi) is 32.0. The number of hydrogen-bond acceptors (Lipinski definition) is 2. The molecule has 0 aliphatic heterocycles. The minimum Gasteiger partial charge on any atom is -0.550 e. The van der Waals surface area contributed by atoms with Crippen molar-refractivity contribution in [2.75, 3.05) is 27.7 Å². The molecule has 0 atom stereocenters. The van der Waals surface area contributed by atoms with Gasteiger partial charge in [-0.2, -0.15) is 0 Å². The lowest BCUT2D eigenvalue weighted by Gasteiger charge is -2.23. The lowest BCUT2D eigenvalue weighted by molar-refractivity contribution is -0.870. The van der Waals surface area contributed by atoms with Gasteiger partial charge in [-0.1, -0.05) is 155 Å².